The summed E-state index contributed by atoms with van der Waals surface area (Å²) in [6.45, 7) is 8.97. The number of nitrogens with two attached hydrogens (primary N) is 1. The van der Waals surface area contributed by atoms with Crippen LogP contribution in [-0.2, 0) is 0 Å². The van der Waals surface area contributed by atoms with Gasteiger partial charge in [-0.3, -0.25) is 9.88 Å². The van der Waals surface area contributed by atoms with E-state index in [1.54, 1.807) is 0 Å². The molecule has 1 aliphatic heterocycles. The first-order valence-electron chi connectivity index (χ1n) is 7.08. The highest BCUT2D eigenvalue weighted by atomic mass is 32.2. The summed E-state index contributed by atoms with van der Waals surface area (Å²) in [5.74, 6) is 1.17. The summed E-state index contributed by atoms with van der Waals surface area (Å²) in [7, 11) is 0. The molecule has 1 fully saturated rings. The first-order valence-corrected chi connectivity index (χ1v) is 8.06. The Morgan fingerprint density at radius 3 is 2.84 bits per heavy atom. The second-order valence-electron chi connectivity index (χ2n) is 5.85. The third-order valence-corrected chi connectivity index (χ3v) is 5.01. The van der Waals surface area contributed by atoms with Crippen LogP contribution >= 0.6 is 11.8 Å². The van der Waals surface area contributed by atoms with Crippen LogP contribution in [0.4, 0.5) is 0 Å². The van der Waals surface area contributed by atoms with E-state index >= 15 is 0 Å². The van der Waals surface area contributed by atoms with Gasteiger partial charge >= 0.3 is 0 Å². The second-order valence-corrected chi connectivity index (χ2v) is 7.65. The van der Waals surface area contributed by atoms with Crippen LogP contribution in [0.25, 0.3) is 0 Å². The maximum Gasteiger partial charge on any atom is 0.0674 e. The number of hydrogen-bond acceptors (Lipinski definition) is 4. The average Bonchev–Trinajstić information content (AvgIpc) is 2.39. The van der Waals surface area contributed by atoms with Crippen molar-refractivity contribution < 1.29 is 0 Å². The molecule has 2 heterocycles. The first-order chi connectivity index (χ1) is 9.03. The molecule has 2 unspecified atom stereocenters. The van der Waals surface area contributed by atoms with E-state index in [9.17, 15) is 0 Å². The zero-order valence-corrected chi connectivity index (χ0v) is 13.0. The van der Waals surface area contributed by atoms with Crippen molar-refractivity contribution in [2.75, 3.05) is 18.8 Å². The van der Waals surface area contributed by atoms with Crippen LogP contribution < -0.4 is 5.73 Å². The van der Waals surface area contributed by atoms with E-state index in [-0.39, 0.29) is 12.1 Å². The Bertz CT molecular complexity index is 394. The molecule has 1 saturated heterocycles. The third-order valence-electron chi connectivity index (χ3n) is 3.72. The first kappa shape index (κ1) is 14.8. The lowest BCUT2D eigenvalue weighted by atomic mass is 9.99. The van der Waals surface area contributed by atoms with Gasteiger partial charge in [0.15, 0.2) is 0 Å². The van der Waals surface area contributed by atoms with Gasteiger partial charge in [-0.05, 0) is 32.4 Å². The molecule has 1 aromatic rings. The Hall–Kier alpha value is -0.580. The predicted molar refractivity (Wildman–Crippen MR) is 83.4 cm³/mol. The van der Waals surface area contributed by atoms with E-state index < -0.39 is 0 Å². The molecule has 2 atom stereocenters. The molecule has 0 amide bonds. The highest BCUT2D eigenvalue weighted by Gasteiger charge is 2.34. The van der Waals surface area contributed by atoms with Crippen molar-refractivity contribution in [2.45, 2.75) is 44.0 Å². The molecular weight excluding hydrogens is 254 g/mol. The number of pyridine rings is 1. The van der Waals surface area contributed by atoms with Gasteiger partial charge in [0, 0.05) is 35.8 Å². The maximum absolute atomic E-state index is 6.38. The molecule has 0 bridgehead atoms. The van der Waals surface area contributed by atoms with Gasteiger partial charge in [-0.25, -0.2) is 0 Å². The zero-order valence-electron chi connectivity index (χ0n) is 12.2. The highest BCUT2D eigenvalue weighted by molar-refractivity contribution is 8.00. The van der Waals surface area contributed by atoms with Gasteiger partial charge in [0.05, 0.1) is 11.7 Å². The summed E-state index contributed by atoms with van der Waals surface area (Å²) in [5, 5.41) is 0. The normalized spacial score (nSPS) is 22.9. The SMILES string of the molecule is CCC(N)C(c1ccccn1)N1CCSC(C)(C)C1. The topological polar surface area (TPSA) is 42.1 Å². The molecule has 0 spiro atoms. The fourth-order valence-electron chi connectivity index (χ4n) is 2.74. The van der Waals surface area contributed by atoms with Crippen LogP contribution in [-0.4, -0.2) is 39.5 Å². The zero-order chi connectivity index (χ0) is 13.9. The van der Waals surface area contributed by atoms with Gasteiger partial charge in [0.25, 0.3) is 0 Å². The Morgan fingerprint density at radius 1 is 1.47 bits per heavy atom. The van der Waals surface area contributed by atoms with Crippen LogP contribution in [0.15, 0.2) is 24.4 Å². The molecule has 0 radical (unpaired) electrons. The molecule has 106 valence electrons. The van der Waals surface area contributed by atoms with Crippen molar-refractivity contribution in [3.8, 4) is 0 Å². The molecule has 0 aliphatic carbocycles. The Balaban J connectivity index is 2.23. The molecule has 3 nitrogen and oxygen atoms in total. The minimum Gasteiger partial charge on any atom is -0.326 e. The van der Waals surface area contributed by atoms with Crippen molar-refractivity contribution in [3.05, 3.63) is 30.1 Å². The second kappa shape index (κ2) is 6.25. The summed E-state index contributed by atoms with van der Waals surface area (Å²) in [6.07, 6.45) is 2.85. The van der Waals surface area contributed by atoms with Crippen LogP contribution in [0.5, 0.6) is 0 Å². The molecular formula is C15H25N3S. The Morgan fingerprint density at radius 2 is 2.26 bits per heavy atom. The lowest BCUT2D eigenvalue weighted by molar-refractivity contribution is 0.158. The summed E-state index contributed by atoms with van der Waals surface area (Å²) in [6, 6.07) is 6.52. The number of nitrogens with zero attached hydrogens (tertiary/aromatic N) is 2. The van der Waals surface area contributed by atoms with Crippen molar-refractivity contribution in [2.24, 2.45) is 5.73 Å². The molecule has 1 aliphatic rings. The standard InChI is InChI=1S/C15H25N3S/c1-4-12(16)14(13-7-5-6-8-17-13)18-9-10-19-15(2,3)11-18/h5-8,12,14H,4,9-11,16H2,1-3H3. The number of rotatable bonds is 4. The Kier molecular flexibility index (Phi) is 4.87. The molecule has 0 saturated carbocycles. The maximum atomic E-state index is 6.38. The van der Waals surface area contributed by atoms with Gasteiger partial charge < -0.3 is 5.73 Å². The number of aromatic nitrogens is 1. The minimum atomic E-state index is 0.147. The van der Waals surface area contributed by atoms with E-state index in [2.05, 4.69) is 54.5 Å². The van der Waals surface area contributed by atoms with Gasteiger partial charge in [-0.15, -0.1) is 0 Å². The summed E-state index contributed by atoms with van der Waals surface area (Å²) in [4.78, 5) is 7.06. The average molecular weight is 279 g/mol. The molecule has 0 aromatic carbocycles. The molecule has 2 rings (SSSR count). The van der Waals surface area contributed by atoms with Gasteiger partial charge in [0.1, 0.15) is 0 Å². The Labute approximate surface area is 121 Å². The van der Waals surface area contributed by atoms with Crippen molar-refractivity contribution in [1.29, 1.82) is 0 Å². The quantitative estimate of drug-likeness (QED) is 0.920. The lowest BCUT2D eigenvalue weighted by Gasteiger charge is -2.43. The minimum absolute atomic E-state index is 0.147. The highest BCUT2D eigenvalue weighted by Crippen LogP contribution is 2.34. The smallest absolute Gasteiger partial charge is 0.0674 e. The van der Waals surface area contributed by atoms with E-state index in [1.165, 1.54) is 5.75 Å². The van der Waals surface area contributed by atoms with Crippen molar-refractivity contribution >= 4 is 11.8 Å². The van der Waals surface area contributed by atoms with Crippen LogP contribution in [0.2, 0.25) is 0 Å². The third kappa shape index (κ3) is 3.71. The van der Waals surface area contributed by atoms with Crippen LogP contribution in [0.3, 0.4) is 0 Å². The fourth-order valence-corrected chi connectivity index (χ4v) is 3.88. The van der Waals surface area contributed by atoms with E-state index in [0.29, 0.717) is 4.75 Å². The molecule has 19 heavy (non-hydrogen) atoms. The molecule has 2 N–H and O–H groups in total. The monoisotopic (exact) mass is 279 g/mol. The van der Waals surface area contributed by atoms with Gasteiger partial charge in [-0.2, -0.15) is 11.8 Å². The summed E-state index contributed by atoms with van der Waals surface area (Å²) in [5.41, 5.74) is 7.49. The van der Waals surface area contributed by atoms with E-state index in [4.69, 9.17) is 5.73 Å². The fraction of sp³-hybridized carbons (Fsp3) is 0.667. The van der Waals surface area contributed by atoms with Gasteiger partial charge in [-0.1, -0.05) is 13.0 Å². The van der Waals surface area contributed by atoms with Gasteiger partial charge in [0.2, 0.25) is 0 Å². The van der Waals surface area contributed by atoms with Crippen LogP contribution in [0, 0.1) is 0 Å². The largest absolute Gasteiger partial charge is 0.326 e. The number of hydrogen-bond donors (Lipinski definition) is 1. The van der Waals surface area contributed by atoms with Crippen molar-refractivity contribution in [1.82, 2.24) is 9.88 Å². The van der Waals surface area contributed by atoms with E-state index in [1.807, 2.05) is 12.3 Å². The van der Waals surface area contributed by atoms with Crippen LogP contribution in [0.1, 0.15) is 38.9 Å². The molecule has 4 heteroatoms. The number of thioether (sulfide) groups is 1. The summed E-state index contributed by atoms with van der Waals surface area (Å²) >= 11 is 2.05. The molecule has 1 aromatic heterocycles. The van der Waals surface area contributed by atoms with E-state index in [0.717, 1.165) is 25.2 Å². The lowest BCUT2D eigenvalue weighted by Crippen LogP contribution is -2.49. The van der Waals surface area contributed by atoms with Crippen molar-refractivity contribution in [3.63, 3.8) is 0 Å². The summed E-state index contributed by atoms with van der Waals surface area (Å²) < 4.78 is 0.304. The predicted octanol–water partition coefficient (Wildman–Crippen LogP) is 2.69.